The van der Waals surface area contributed by atoms with Crippen LogP contribution >= 0.6 is 0 Å². The minimum atomic E-state index is -0.631. The van der Waals surface area contributed by atoms with Gasteiger partial charge in [-0.1, -0.05) is 6.07 Å². The van der Waals surface area contributed by atoms with Crippen LogP contribution < -0.4 is 0 Å². The highest BCUT2D eigenvalue weighted by Gasteiger charge is 2.50. The highest BCUT2D eigenvalue weighted by Crippen LogP contribution is 2.53. The number of aromatic nitrogens is 4. The first-order valence-electron chi connectivity index (χ1n) is 12.2. The maximum absolute atomic E-state index is 13.5. The minimum Gasteiger partial charge on any atom is -0.390 e. The van der Waals surface area contributed by atoms with Gasteiger partial charge in [0, 0.05) is 28.4 Å². The van der Waals surface area contributed by atoms with Gasteiger partial charge in [-0.25, -0.2) is 14.1 Å². The number of fused-ring (bicyclic) bond motifs is 4. The molecule has 174 valence electrons. The Morgan fingerprint density at radius 2 is 2.00 bits per heavy atom. The first-order chi connectivity index (χ1) is 16.4. The molecule has 34 heavy (non-hydrogen) atoms. The monoisotopic (exact) mass is 456 g/mol. The second-order valence-electron chi connectivity index (χ2n) is 10.4. The van der Waals surface area contributed by atoms with Crippen molar-refractivity contribution in [1.82, 2.24) is 19.7 Å². The number of rotatable bonds is 3. The zero-order chi connectivity index (χ0) is 23.3. The molecule has 0 saturated heterocycles. The summed E-state index contributed by atoms with van der Waals surface area (Å²) in [5.74, 6) is 0.101. The molecule has 0 radical (unpaired) electrons. The fourth-order valence-electron chi connectivity index (χ4n) is 6.32. The average molecular weight is 457 g/mol. The summed E-state index contributed by atoms with van der Waals surface area (Å²) in [5.41, 5.74) is 4.37. The summed E-state index contributed by atoms with van der Waals surface area (Å²) in [6.45, 7) is 1.98. The number of aliphatic hydroxyl groups is 1. The molecule has 6 heteroatoms. The van der Waals surface area contributed by atoms with E-state index >= 15 is 0 Å². The van der Waals surface area contributed by atoms with Crippen molar-refractivity contribution in [2.24, 2.45) is 5.92 Å². The standard InChI is InChI=1S/C28H29FN4O/c1-27(34)12-13-28(17-22-6-2-3-14-30-22)20(16-27)5-4-7-25-24(28)15-19-18-31-33(26(19)32-25)23-10-8-21(29)9-11-23/h2-3,6,8-11,14-15,18,20,34H,4-5,7,12-13,16-17H2,1H3/t20-,27+,28+/m1/s1. The molecule has 2 aliphatic carbocycles. The Kier molecular flexibility index (Phi) is 5.03. The lowest BCUT2D eigenvalue weighted by Gasteiger charge is -2.49. The molecular weight excluding hydrogens is 427 g/mol. The van der Waals surface area contributed by atoms with Gasteiger partial charge in [-0.05, 0) is 106 Å². The van der Waals surface area contributed by atoms with Crippen LogP contribution in [0.4, 0.5) is 4.39 Å². The lowest BCUT2D eigenvalue weighted by molar-refractivity contribution is -0.0332. The molecule has 0 bridgehead atoms. The lowest BCUT2D eigenvalue weighted by atomic mass is 9.57. The minimum absolute atomic E-state index is 0.110. The topological polar surface area (TPSA) is 63.8 Å². The van der Waals surface area contributed by atoms with Gasteiger partial charge >= 0.3 is 0 Å². The third-order valence-corrected chi connectivity index (χ3v) is 8.00. The van der Waals surface area contributed by atoms with Crippen LogP contribution in [0.1, 0.15) is 56.0 Å². The van der Waals surface area contributed by atoms with Gasteiger partial charge in [0.2, 0.25) is 0 Å². The molecule has 1 fully saturated rings. The summed E-state index contributed by atoms with van der Waals surface area (Å²) in [5, 5.41) is 16.6. The lowest BCUT2D eigenvalue weighted by Crippen LogP contribution is -2.48. The molecule has 1 aromatic carbocycles. The van der Waals surface area contributed by atoms with E-state index in [9.17, 15) is 9.50 Å². The van der Waals surface area contributed by atoms with Gasteiger partial charge in [-0.15, -0.1) is 0 Å². The van der Waals surface area contributed by atoms with Crippen molar-refractivity contribution in [2.75, 3.05) is 0 Å². The Morgan fingerprint density at radius 3 is 2.79 bits per heavy atom. The Hall–Kier alpha value is -3.12. The van der Waals surface area contributed by atoms with E-state index in [2.05, 4.69) is 28.3 Å². The van der Waals surface area contributed by atoms with E-state index in [0.717, 1.165) is 73.1 Å². The number of aryl methyl sites for hydroxylation is 1. The van der Waals surface area contributed by atoms with Crippen LogP contribution in [-0.2, 0) is 18.3 Å². The summed E-state index contributed by atoms with van der Waals surface area (Å²) in [4.78, 5) is 9.85. The van der Waals surface area contributed by atoms with E-state index in [4.69, 9.17) is 4.98 Å². The summed E-state index contributed by atoms with van der Waals surface area (Å²) in [6, 6.07) is 14.8. The van der Waals surface area contributed by atoms with E-state index < -0.39 is 5.60 Å². The van der Waals surface area contributed by atoms with Crippen molar-refractivity contribution in [2.45, 2.75) is 62.9 Å². The molecule has 6 rings (SSSR count). The highest BCUT2D eigenvalue weighted by molar-refractivity contribution is 5.78. The Labute approximate surface area is 198 Å². The van der Waals surface area contributed by atoms with Crippen molar-refractivity contribution in [3.05, 3.63) is 83.7 Å². The number of hydrogen-bond acceptors (Lipinski definition) is 4. The van der Waals surface area contributed by atoms with Crippen LogP contribution in [0.3, 0.4) is 0 Å². The molecule has 2 aliphatic rings. The molecule has 3 atom stereocenters. The number of benzene rings is 1. The zero-order valence-electron chi connectivity index (χ0n) is 19.4. The summed E-state index contributed by atoms with van der Waals surface area (Å²) in [7, 11) is 0. The molecular formula is C28H29FN4O. The van der Waals surface area contributed by atoms with E-state index in [-0.39, 0.29) is 11.2 Å². The fourth-order valence-corrected chi connectivity index (χ4v) is 6.32. The van der Waals surface area contributed by atoms with Gasteiger partial charge in [0.1, 0.15) is 5.82 Å². The Balaban J connectivity index is 1.51. The van der Waals surface area contributed by atoms with Crippen LogP contribution in [0.2, 0.25) is 0 Å². The molecule has 0 unspecified atom stereocenters. The predicted molar refractivity (Wildman–Crippen MR) is 129 cm³/mol. The fraction of sp³-hybridized carbons (Fsp3) is 0.393. The Bertz CT molecular complexity index is 1330. The second kappa shape index (κ2) is 7.98. The van der Waals surface area contributed by atoms with Crippen LogP contribution in [-0.4, -0.2) is 30.5 Å². The molecule has 3 aromatic heterocycles. The van der Waals surface area contributed by atoms with Gasteiger partial charge in [0.05, 0.1) is 17.5 Å². The number of hydrogen-bond donors (Lipinski definition) is 1. The van der Waals surface area contributed by atoms with Crippen molar-refractivity contribution in [3.63, 3.8) is 0 Å². The molecule has 1 N–H and O–H groups in total. The second-order valence-corrected chi connectivity index (χ2v) is 10.4. The molecule has 0 aliphatic heterocycles. The summed E-state index contributed by atoms with van der Waals surface area (Å²) in [6.07, 6.45) is 10.1. The maximum Gasteiger partial charge on any atom is 0.163 e. The average Bonchev–Trinajstić information content (AvgIpc) is 3.18. The molecule has 1 saturated carbocycles. The van der Waals surface area contributed by atoms with Crippen molar-refractivity contribution < 1.29 is 9.50 Å². The number of nitrogens with zero attached hydrogens (tertiary/aromatic N) is 4. The predicted octanol–water partition coefficient (Wildman–Crippen LogP) is 5.32. The van der Waals surface area contributed by atoms with Crippen LogP contribution in [0.25, 0.3) is 16.7 Å². The van der Waals surface area contributed by atoms with Crippen molar-refractivity contribution >= 4 is 11.0 Å². The van der Waals surface area contributed by atoms with E-state index in [1.165, 1.54) is 17.7 Å². The summed E-state index contributed by atoms with van der Waals surface area (Å²) >= 11 is 0. The molecule has 3 heterocycles. The first kappa shape index (κ1) is 21.4. The third kappa shape index (κ3) is 3.61. The van der Waals surface area contributed by atoms with E-state index in [0.29, 0.717) is 5.92 Å². The number of halogens is 1. The largest absolute Gasteiger partial charge is 0.390 e. The molecule has 0 amide bonds. The van der Waals surface area contributed by atoms with Crippen molar-refractivity contribution in [1.29, 1.82) is 0 Å². The zero-order valence-corrected chi connectivity index (χ0v) is 19.4. The van der Waals surface area contributed by atoms with Gasteiger partial charge in [-0.3, -0.25) is 4.98 Å². The van der Waals surface area contributed by atoms with Crippen LogP contribution in [0, 0.1) is 11.7 Å². The highest BCUT2D eigenvalue weighted by atomic mass is 19.1. The van der Waals surface area contributed by atoms with Crippen molar-refractivity contribution in [3.8, 4) is 5.69 Å². The van der Waals surface area contributed by atoms with Gasteiger partial charge < -0.3 is 5.11 Å². The Morgan fingerprint density at radius 1 is 1.15 bits per heavy atom. The van der Waals surface area contributed by atoms with Gasteiger partial charge in [0.25, 0.3) is 0 Å². The maximum atomic E-state index is 13.5. The van der Waals surface area contributed by atoms with E-state index in [1.54, 1.807) is 16.8 Å². The molecule has 0 spiro atoms. The number of pyridine rings is 2. The van der Waals surface area contributed by atoms with Gasteiger partial charge in [0.15, 0.2) is 5.65 Å². The smallest absolute Gasteiger partial charge is 0.163 e. The molecule has 4 aromatic rings. The van der Waals surface area contributed by atoms with Gasteiger partial charge in [-0.2, -0.15) is 5.10 Å². The quantitative estimate of drug-likeness (QED) is 0.453. The summed E-state index contributed by atoms with van der Waals surface area (Å²) < 4.78 is 15.3. The van der Waals surface area contributed by atoms with Crippen LogP contribution in [0.15, 0.2) is 60.9 Å². The normalized spacial score (nSPS) is 26.6. The van der Waals surface area contributed by atoms with E-state index in [1.807, 2.05) is 25.4 Å². The first-order valence-corrected chi connectivity index (χ1v) is 12.2. The third-order valence-electron chi connectivity index (χ3n) is 8.00. The van der Waals surface area contributed by atoms with Crippen LogP contribution in [0.5, 0.6) is 0 Å². The SMILES string of the molecule is C[C@]1(O)CC[C@@]2(Cc3ccccn3)c3cc4cnn(-c5ccc(F)cc5)c4nc3CCC[C@@H]2C1. The molecule has 5 nitrogen and oxygen atoms in total.